The maximum Gasteiger partial charge on any atom is 0.240 e. The number of nitrogens with zero attached hydrogens (tertiary/aromatic N) is 2. The number of carbonyl (C=O) groups is 2. The van der Waals surface area contributed by atoms with Gasteiger partial charge in [0.15, 0.2) is 0 Å². The summed E-state index contributed by atoms with van der Waals surface area (Å²) in [7, 11) is 0. The van der Waals surface area contributed by atoms with E-state index in [0.717, 1.165) is 54.3 Å². The zero-order valence-corrected chi connectivity index (χ0v) is 21.7. The van der Waals surface area contributed by atoms with Crippen molar-refractivity contribution in [2.75, 3.05) is 13.2 Å². The molecule has 1 aromatic heterocycles. The summed E-state index contributed by atoms with van der Waals surface area (Å²) in [5.74, 6) is 1.61. The molecular formula is C29H39N3O4. The molecule has 2 aliphatic heterocycles. The lowest BCUT2D eigenvalue weighted by molar-refractivity contribution is -0.138. The molecule has 194 valence electrons. The van der Waals surface area contributed by atoms with E-state index < -0.39 is 11.9 Å². The Morgan fingerprint density at radius 1 is 1.25 bits per heavy atom. The summed E-state index contributed by atoms with van der Waals surface area (Å²) in [6, 6.07) is 7.26. The van der Waals surface area contributed by atoms with E-state index in [0.29, 0.717) is 37.8 Å². The summed E-state index contributed by atoms with van der Waals surface area (Å²) < 4.78 is 12.3. The second-order valence-corrected chi connectivity index (χ2v) is 10.4. The Hall–Kier alpha value is -3.09. The molecule has 7 heteroatoms. The van der Waals surface area contributed by atoms with E-state index in [1.54, 1.807) is 4.90 Å². The molecule has 7 nitrogen and oxygen atoms in total. The Morgan fingerprint density at radius 2 is 2.03 bits per heavy atom. The molecule has 2 aromatic rings. The minimum Gasteiger partial charge on any atom is -0.491 e. The maximum atomic E-state index is 13.2. The van der Waals surface area contributed by atoms with Gasteiger partial charge in [0.05, 0.1) is 18.8 Å². The number of ether oxygens (including phenoxy) is 2. The summed E-state index contributed by atoms with van der Waals surface area (Å²) in [5, 5.41) is 1.85. The molecule has 0 radical (unpaired) electrons. The zero-order valence-electron chi connectivity index (χ0n) is 21.7. The quantitative estimate of drug-likeness (QED) is 0.480. The molecule has 36 heavy (non-hydrogen) atoms. The number of pyridine rings is 1. The first-order valence-corrected chi connectivity index (χ1v) is 13.3. The lowest BCUT2D eigenvalue weighted by Crippen LogP contribution is -2.44. The highest BCUT2D eigenvalue weighted by atomic mass is 16.5. The summed E-state index contributed by atoms with van der Waals surface area (Å²) >= 11 is 0. The van der Waals surface area contributed by atoms with E-state index in [-0.39, 0.29) is 17.9 Å². The van der Waals surface area contributed by atoms with Crippen LogP contribution in [0, 0.1) is 11.8 Å². The molecule has 3 heterocycles. The number of amides is 2. The fourth-order valence-corrected chi connectivity index (χ4v) is 5.53. The van der Waals surface area contributed by atoms with E-state index in [9.17, 15) is 9.59 Å². The normalized spacial score (nSPS) is 21.2. The van der Waals surface area contributed by atoms with E-state index in [1.807, 2.05) is 31.2 Å². The first-order valence-electron chi connectivity index (χ1n) is 13.3. The molecule has 2 amide bonds. The molecule has 1 fully saturated rings. The van der Waals surface area contributed by atoms with Crippen LogP contribution in [0.25, 0.3) is 10.8 Å². The Kier molecular flexibility index (Phi) is 8.49. The van der Waals surface area contributed by atoms with Gasteiger partial charge in [-0.15, -0.1) is 0 Å². The highest BCUT2D eigenvalue weighted by Gasteiger charge is 2.40. The zero-order chi connectivity index (χ0) is 25.7. The molecular weight excluding hydrogens is 454 g/mol. The first-order chi connectivity index (χ1) is 17.4. The Labute approximate surface area is 214 Å². The SMILES string of the molecule is C/C=C\CC[C@@H](C)C[C@@H](C)CC(=O)N1C[C@H](Oc2nc3c(c4ccccc24)OCCC3)C[C@H]1C(N)=O. The predicted octanol–water partition coefficient (Wildman–Crippen LogP) is 4.80. The number of hydrogen-bond donors (Lipinski definition) is 1. The van der Waals surface area contributed by atoms with Crippen molar-refractivity contribution in [1.82, 2.24) is 9.88 Å². The Morgan fingerprint density at radius 3 is 2.78 bits per heavy atom. The van der Waals surface area contributed by atoms with Gasteiger partial charge in [0.25, 0.3) is 0 Å². The van der Waals surface area contributed by atoms with Crippen LogP contribution in [0.3, 0.4) is 0 Å². The highest BCUT2D eigenvalue weighted by Crippen LogP contribution is 2.38. The van der Waals surface area contributed by atoms with Crippen LogP contribution in [0.5, 0.6) is 11.6 Å². The third kappa shape index (κ3) is 6.00. The van der Waals surface area contributed by atoms with Gasteiger partial charge in [-0.2, -0.15) is 0 Å². The van der Waals surface area contributed by atoms with Gasteiger partial charge < -0.3 is 20.1 Å². The van der Waals surface area contributed by atoms with Crippen LogP contribution >= 0.6 is 0 Å². The minimum atomic E-state index is -0.658. The summed E-state index contributed by atoms with van der Waals surface area (Å²) in [6.07, 6.45) is 9.59. The lowest BCUT2D eigenvalue weighted by Gasteiger charge is -2.24. The van der Waals surface area contributed by atoms with Crippen LogP contribution in [0.2, 0.25) is 0 Å². The fraction of sp³-hybridized carbons (Fsp3) is 0.552. The monoisotopic (exact) mass is 493 g/mol. The van der Waals surface area contributed by atoms with Crippen LogP contribution in [0.1, 0.15) is 65.0 Å². The minimum absolute atomic E-state index is 0.0327. The van der Waals surface area contributed by atoms with Gasteiger partial charge in [-0.05, 0) is 56.9 Å². The van der Waals surface area contributed by atoms with Crippen molar-refractivity contribution in [3.05, 3.63) is 42.1 Å². The molecule has 4 atom stereocenters. The van der Waals surface area contributed by atoms with Crippen molar-refractivity contribution in [1.29, 1.82) is 0 Å². The Bertz CT molecular complexity index is 1120. The average Bonchev–Trinajstić information content (AvgIpc) is 3.29. The topological polar surface area (TPSA) is 94.8 Å². The van der Waals surface area contributed by atoms with Crippen LogP contribution in [0.15, 0.2) is 36.4 Å². The van der Waals surface area contributed by atoms with Gasteiger partial charge >= 0.3 is 0 Å². The van der Waals surface area contributed by atoms with Gasteiger partial charge in [0, 0.05) is 23.6 Å². The molecule has 0 bridgehead atoms. The molecule has 0 unspecified atom stereocenters. The molecule has 4 rings (SSSR count). The molecule has 1 saturated heterocycles. The lowest BCUT2D eigenvalue weighted by atomic mass is 9.91. The largest absolute Gasteiger partial charge is 0.491 e. The van der Waals surface area contributed by atoms with E-state index in [2.05, 4.69) is 26.0 Å². The van der Waals surface area contributed by atoms with E-state index in [4.69, 9.17) is 20.2 Å². The third-order valence-corrected chi connectivity index (χ3v) is 7.28. The van der Waals surface area contributed by atoms with Crippen molar-refractivity contribution < 1.29 is 19.1 Å². The Balaban J connectivity index is 1.44. The summed E-state index contributed by atoms with van der Waals surface area (Å²) in [5.41, 5.74) is 6.61. The number of carbonyl (C=O) groups excluding carboxylic acids is 2. The molecule has 2 aliphatic rings. The van der Waals surface area contributed by atoms with Gasteiger partial charge in [-0.25, -0.2) is 4.98 Å². The highest BCUT2D eigenvalue weighted by molar-refractivity contribution is 5.93. The first kappa shape index (κ1) is 26.0. The number of allylic oxidation sites excluding steroid dienone is 2. The van der Waals surface area contributed by atoms with Crippen molar-refractivity contribution in [2.24, 2.45) is 17.6 Å². The number of aromatic nitrogens is 1. The van der Waals surface area contributed by atoms with Crippen molar-refractivity contribution in [3.8, 4) is 11.6 Å². The van der Waals surface area contributed by atoms with E-state index >= 15 is 0 Å². The van der Waals surface area contributed by atoms with Crippen LogP contribution in [0.4, 0.5) is 0 Å². The van der Waals surface area contributed by atoms with Crippen molar-refractivity contribution in [3.63, 3.8) is 0 Å². The van der Waals surface area contributed by atoms with Crippen LogP contribution in [-0.2, 0) is 16.0 Å². The van der Waals surface area contributed by atoms with Gasteiger partial charge in [0.1, 0.15) is 17.9 Å². The number of aryl methyl sites for hydroxylation is 1. The van der Waals surface area contributed by atoms with E-state index in [1.165, 1.54) is 0 Å². The van der Waals surface area contributed by atoms with Gasteiger partial charge in [-0.1, -0.05) is 44.2 Å². The second kappa shape index (κ2) is 11.8. The average molecular weight is 494 g/mol. The maximum absolute atomic E-state index is 13.2. The number of likely N-dealkylation sites (tertiary alicyclic amines) is 1. The molecule has 1 aromatic carbocycles. The van der Waals surface area contributed by atoms with Crippen LogP contribution < -0.4 is 15.2 Å². The van der Waals surface area contributed by atoms with Gasteiger partial charge in [-0.3, -0.25) is 9.59 Å². The molecule has 0 aliphatic carbocycles. The summed E-state index contributed by atoms with van der Waals surface area (Å²) in [6.45, 7) is 7.40. The number of rotatable bonds is 10. The standard InChI is InChI=1S/C29H39N3O4/c1-4-5-6-10-19(2)15-20(3)16-26(33)32-18-21(17-25(32)28(30)34)36-29-23-12-8-7-11-22(23)27-24(31-29)13-9-14-35-27/h4-5,7-8,11-12,19-21,25H,6,9-10,13-18H2,1-3H3,(H2,30,34)/b5-4-/t19-,20-,21-,25+/m1/s1. The number of primary amides is 1. The predicted molar refractivity (Wildman–Crippen MR) is 141 cm³/mol. The molecule has 0 spiro atoms. The molecule has 0 saturated carbocycles. The number of benzene rings is 1. The number of fused-ring (bicyclic) bond motifs is 3. The smallest absolute Gasteiger partial charge is 0.240 e. The summed E-state index contributed by atoms with van der Waals surface area (Å²) in [4.78, 5) is 31.9. The fourth-order valence-electron chi connectivity index (χ4n) is 5.53. The van der Waals surface area contributed by atoms with Crippen LogP contribution in [-0.4, -0.2) is 47.0 Å². The number of nitrogens with two attached hydrogens (primary N) is 1. The number of hydrogen-bond acceptors (Lipinski definition) is 5. The van der Waals surface area contributed by atoms with Crippen molar-refractivity contribution >= 4 is 22.6 Å². The van der Waals surface area contributed by atoms with Crippen molar-refractivity contribution in [2.45, 2.75) is 77.9 Å². The third-order valence-electron chi connectivity index (χ3n) is 7.28. The second-order valence-electron chi connectivity index (χ2n) is 10.4. The molecule has 2 N–H and O–H groups in total. The van der Waals surface area contributed by atoms with Gasteiger partial charge in [0.2, 0.25) is 17.7 Å².